The lowest BCUT2D eigenvalue weighted by molar-refractivity contribution is -0.101. The van der Waals surface area contributed by atoms with Gasteiger partial charge < -0.3 is 19.3 Å². The van der Waals surface area contributed by atoms with Crippen molar-refractivity contribution in [1.82, 2.24) is 23.6 Å². The normalized spacial score (nSPS) is 18.7. The summed E-state index contributed by atoms with van der Waals surface area (Å²) in [5.74, 6) is 0.559. The van der Waals surface area contributed by atoms with Crippen molar-refractivity contribution >= 4 is 17.3 Å². The van der Waals surface area contributed by atoms with Crippen LogP contribution in [-0.4, -0.2) is 46.9 Å². The Bertz CT molecular complexity index is 1700. The van der Waals surface area contributed by atoms with Gasteiger partial charge in [0, 0.05) is 46.1 Å². The van der Waals surface area contributed by atoms with E-state index in [1.54, 1.807) is 37.4 Å². The van der Waals surface area contributed by atoms with Crippen LogP contribution in [0.4, 0.5) is 4.79 Å². The zero-order valence-corrected chi connectivity index (χ0v) is 23.7. The average molecular weight is 546 g/mol. The van der Waals surface area contributed by atoms with E-state index in [4.69, 9.17) is 4.74 Å². The molecule has 210 valence electrons. The molecular formula is C30H35N5O5. The summed E-state index contributed by atoms with van der Waals surface area (Å²) in [4.78, 5) is 44.7. The van der Waals surface area contributed by atoms with Gasteiger partial charge in [-0.2, -0.15) is 0 Å². The largest absolute Gasteiger partial charge is 0.438 e. The molecule has 1 N–H and O–H groups in total. The lowest BCUT2D eigenvalue weighted by Gasteiger charge is -2.45. The van der Waals surface area contributed by atoms with E-state index in [9.17, 15) is 19.5 Å². The molecule has 1 aliphatic heterocycles. The second-order valence-corrected chi connectivity index (χ2v) is 11.3. The second-order valence-electron chi connectivity index (χ2n) is 11.3. The van der Waals surface area contributed by atoms with Crippen LogP contribution in [0.5, 0.6) is 0 Å². The molecule has 5 rings (SSSR count). The molecule has 3 heterocycles. The number of amides is 1. The predicted octanol–water partition coefficient (Wildman–Crippen LogP) is 3.60. The number of aromatic nitrogens is 4. The molecule has 0 radical (unpaired) electrons. The van der Waals surface area contributed by atoms with Gasteiger partial charge in [-0.15, -0.1) is 0 Å². The van der Waals surface area contributed by atoms with E-state index in [-0.39, 0.29) is 11.6 Å². The summed E-state index contributed by atoms with van der Waals surface area (Å²) in [6.07, 6.45) is 0.408. The number of hydrogen-bond donors (Lipinski definition) is 1. The molecule has 0 bridgehead atoms. The smallest absolute Gasteiger partial charge is 0.411 e. The van der Waals surface area contributed by atoms with Crippen LogP contribution >= 0.6 is 0 Å². The number of imidazole rings is 1. The Morgan fingerprint density at radius 3 is 2.23 bits per heavy atom. The van der Waals surface area contributed by atoms with Gasteiger partial charge in [-0.3, -0.25) is 13.9 Å². The molecule has 2 atom stereocenters. The number of fused-ring (bicyclic) bond motifs is 1. The monoisotopic (exact) mass is 545 g/mol. The summed E-state index contributed by atoms with van der Waals surface area (Å²) in [6.45, 7) is 5.87. The Kier molecular flexibility index (Phi) is 6.70. The fourth-order valence-electron chi connectivity index (χ4n) is 5.82. The first-order chi connectivity index (χ1) is 18.8. The Balaban J connectivity index is 1.41. The molecule has 40 heavy (non-hydrogen) atoms. The third kappa shape index (κ3) is 4.62. The maximum atomic E-state index is 13.4. The van der Waals surface area contributed by atoms with Crippen molar-refractivity contribution in [2.75, 3.05) is 6.54 Å². The van der Waals surface area contributed by atoms with Crippen LogP contribution in [0.3, 0.4) is 0 Å². The molecule has 0 aliphatic carbocycles. The molecule has 2 aromatic heterocycles. The van der Waals surface area contributed by atoms with Crippen LogP contribution < -0.4 is 11.2 Å². The van der Waals surface area contributed by atoms with E-state index in [0.717, 1.165) is 21.3 Å². The van der Waals surface area contributed by atoms with Gasteiger partial charge >= 0.3 is 11.8 Å². The molecule has 0 saturated carbocycles. The molecule has 1 amide bonds. The minimum atomic E-state index is -1.02. The van der Waals surface area contributed by atoms with Gasteiger partial charge in [-0.05, 0) is 31.9 Å². The van der Waals surface area contributed by atoms with Crippen LogP contribution in [0, 0.1) is 0 Å². The van der Waals surface area contributed by atoms with E-state index in [0.29, 0.717) is 30.9 Å². The third-order valence-electron chi connectivity index (χ3n) is 7.87. The molecule has 1 fully saturated rings. The number of aliphatic hydroxyl groups is 1. The highest BCUT2D eigenvalue weighted by molar-refractivity contribution is 5.77. The molecule has 2 aromatic carbocycles. The number of benzene rings is 2. The highest BCUT2D eigenvalue weighted by atomic mass is 16.6. The summed E-state index contributed by atoms with van der Waals surface area (Å²) in [6, 6.07) is 17.0. The van der Waals surface area contributed by atoms with Crippen LogP contribution in [0.15, 0.2) is 64.2 Å². The third-order valence-corrected chi connectivity index (χ3v) is 7.87. The van der Waals surface area contributed by atoms with Gasteiger partial charge in [-0.25, -0.2) is 14.6 Å². The van der Waals surface area contributed by atoms with Gasteiger partial charge in [0.25, 0.3) is 5.56 Å². The van der Waals surface area contributed by atoms with E-state index >= 15 is 0 Å². The summed E-state index contributed by atoms with van der Waals surface area (Å²) in [5, 5.41) is 10.6. The van der Waals surface area contributed by atoms with E-state index in [1.807, 2.05) is 61.5 Å². The van der Waals surface area contributed by atoms with E-state index < -0.39 is 28.5 Å². The number of carbonyl (C=O) groups is 1. The van der Waals surface area contributed by atoms with Crippen LogP contribution in [0.25, 0.3) is 22.6 Å². The van der Waals surface area contributed by atoms with Gasteiger partial charge in [0.05, 0.1) is 11.6 Å². The number of rotatable bonds is 6. The molecule has 1 aliphatic rings. The van der Waals surface area contributed by atoms with Crippen molar-refractivity contribution < 1.29 is 14.6 Å². The standard InChI is InChI=1S/C30H35N5O5/c1-19(35-17-16-30(40-28(35)38,18-29(2,3)39)22-10-8-7-9-11-22)20-12-14-21(15-13-20)24-31-23-25(32(24)4)33(5)27(37)34(6)26(23)36/h7-15,19,39H,16-18H2,1-6H3/t19-,30?/m0/s1. The zero-order chi connectivity index (χ0) is 29.0. The van der Waals surface area contributed by atoms with Gasteiger partial charge in [0.15, 0.2) is 5.52 Å². The van der Waals surface area contributed by atoms with Crippen LogP contribution in [0.1, 0.15) is 50.8 Å². The second kappa shape index (κ2) is 9.78. The Morgan fingerprint density at radius 1 is 0.975 bits per heavy atom. The number of ether oxygens (including phenoxy) is 1. The molecular weight excluding hydrogens is 510 g/mol. The van der Waals surface area contributed by atoms with E-state index in [1.165, 1.54) is 11.6 Å². The van der Waals surface area contributed by atoms with Crippen molar-refractivity contribution in [2.45, 2.75) is 50.9 Å². The van der Waals surface area contributed by atoms with Crippen LogP contribution in [0.2, 0.25) is 0 Å². The fourth-order valence-corrected chi connectivity index (χ4v) is 5.82. The summed E-state index contributed by atoms with van der Waals surface area (Å²) in [7, 11) is 4.83. The van der Waals surface area contributed by atoms with E-state index in [2.05, 4.69) is 4.98 Å². The number of cyclic esters (lactones) is 1. The lowest BCUT2D eigenvalue weighted by Crippen LogP contribution is -2.51. The Hall–Kier alpha value is -4.18. The molecule has 10 heteroatoms. The van der Waals surface area contributed by atoms with Crippen molar-refractivity contribution in [2.24, 2.45) is 21.1 Å². The average Bonchev–Trinajstić information content (AvgIpc) is 3.27. The Morgan fingerprint density at radius 2 is 1.62 bits per heavy atom. The summed E-state index contributed by atoms with van der Waals surface area (Å²) < 4.78 is 10.3. The van der Waals surface area contributed by atoms with Crippen molar-refractivity contribution in [3.8, 4) is 11.4 Å². The quantitative estimate of drug-likeness (QED) is 0.396. The maximum absolute atomic E-state index is 13.4. The van der Waals surface area contributed by atoms with Gasteiger partial charge in [0.2, 0.25) is 0 Å². The highest BCUT2D eigenvalue weighted by Gasteiger charge is 2.46. The topological polar surface area (TPSA) is 112 Å². The zero-order valence-electron chi connectivity index (χ0n) is 23.7. The summed E-state index contributed by atoms with van der Waals surface area (Å²) in [5.41, 5.74) is 0.453. The molecule has 1 saturated heterocycles. The first kappa shape index (κ1) is 27.4. The van der Waals surface area contributed by atoms with Crippen molar-refractivity contribution in [3.05, 3.63) is 86.6 Å². The first-order valence-corrected chi connectivity index (χ1v) is 13.3. The summed E-state index contributed by atoms with van der Waals surface area (Å²) >= 11 is 0. The number of aryl methyl sites for hydroxylation is 2. The number of nitrogens with zero attached hydrogens (tertiary/aromatic N) is 5. The number of hydrogen-bond acceptors (Lipinski definition) is 6. The predicted molar refractivity (Wildman–Crippen MR) is 152 cm³/mol. The SMILES string of the molecule is C[C@@H](c1ccc(-c2nc3c(=O)n(C)c(=O)n(C)c3n2C)cc1)N1CCC(CC(C)(C)O)(c2ccccc2)OC1=O. The maximum Gasteiger partial charge on any atom is 0.411 e. The van der Waals surface area contributed by atoms with Crippen LogP contribution in [-0.2, 0) is 31.5 Å². The van der Waals surface area contributed by atoms with Gasteiger partial charge in [0.1, 0.15) is 17.1 Å². The molecule has 10 nitrogen and oxygen atoms in total. The number of carbonyl (C=O) groups excluding carboxylic acids is 1. The molecule has 0 spiro atoms. The molecule has 1 unspecified atom stereocenters. The highest BCUT2D eigenvalue weighted by Crippen LogP contribution is 2.42. The van der Waals surface area contributed by atoms with Crippen molar-refractivity contribution in [3.63, 3.8) is 0 Å². The molecule has 4 aromatic rings. The van der Waals surface area contributed by atoms with Crippen molar-refractivity contribution in [1.29, 1.82) is 0 Å². The lowest BCUT2D eigenvalue weighted by atomic mass is 9.80. The van der Waals surface area contributed by atoms with Gasteiger partial charge in [-0.1, -0.05) is 54.6 Å². The minimum Gasteiger partial charge on any atom is -0.438 e. The minimum absolute atomic E-state index is 0.226. The fraction of sp³-hybridized carbons (Fsp3) is 0.400. The Labute approximate surface area is 232 Å². The first-order valence-electron chi connectivity index (χ1n) is 13.3.